The number of hydrogen-bond donors (Lipinski definition) is 2. The van der Waals surface area contributed by atoms with Gasteiger partial charge in [0.25, 0.3) is 0 Å². The molecule has 7 nitrogen and oxygen atoms in total. The molecule has 1 atom stereocenters. The van der Waals surface area contributed by atoms with E-state index in [4.69, 9.17) is 11.0 Å². The first-order chi connectivity index (χ1) is 7.56. The van der Waals surface area contributed by atoms with Crippen LogP contribution in [0.4, 0.5) is 11.5 Å². The number of rotatable bonds is 4. The van der Waals surface area contributed by atoms with Crippen LogP contribution < -0.4 is 11.1 Å². The third-order valence-electron chi connectivity index (χ3n) is 1.82. The SMILES string of the molecule is CC(N)CNc1nccc(C#N)c1[N+](=O)[O-]. The number of nitrogens with zero attached hydrogens (tertiary/aromatic N) is 3. The average molecular weight is 221 g/mol. The van der Waals surface area contributed by atoms with Crippen molar-refractivity contribution < 1.29 is 4.92 Å². The van der Waals surface area contributed by atoms with Gasteiger partial charge in [-0.3, -0.25) is 10.1 Å². The Morgan fingerprint density at radius 3 is 3.00 bits per heavy atom. The van der Waals surface area contributed by atoms with Crippen LogP contribution in [0.15, 0.2) is 12.3 Å². The molecule has 0 aliphatic rings. The van der Waals surface area contributed by atoms with Gasteiger partial charge in [0.1, 0.15) is 11.6 Å². The third-order valence-corrected chi connectivity index (χ3v) is 1.82. The summed E-state index contributed by atoms with van der Waals surface area (Å²) in [5, 5.41) is 22.3. The molecule has 0 spiro atoms. The van der Waals surface area contributed by atoms with Crippen molar-refractivity contribution in [2.24, 2.45) is 5.73 Å². The van der Waals surface area contributed by atoms with E-state index in [9.17, 15) is 10.1 Å². The van der Waals surface area contributed by atoms with Crippen LogP contribution in [0.5, 0.6) is 0 Å². The zero-order chi connectivity index (χ0) is 12.1. The Hall–Kier alpha value is -2.20. The molecule has 0 aliphatic heterocycles. The highest BCUT2D eigenvalue weighted by Gasteiger charge is 2.20. The normalized spacial score (nSPS) is 11.6. The second-order valence-electron chi connectivity index (χ2n) is 3.28. The summed E-state index contributed by atoms with van der Waals surface area (Å²) in [5.74, 6) is 0.0707. The molecule has 0 aliphatic carbocycles. The van der Waals surface area contributed by atoms with Gasteiger partial charge < -0.3 is 11.1 Å². The molecule has 0 fully saturated rings. The summed E-state index contributed by atoms with van der Waals surface area (Å²) < 4.78 is 0. The first-order valence-corrected chi connectivity index (χ1v) is 4.59. The van der Waals surface area contributed by atoms with E-state index in [0.717, 1.165) is 0 Å². The molecule has 0 bridgehead atoms. The van der Waals surface area contributed by atoms with Gasteiger partial charge >= 0.3 is 5.69 Å². The minimum atomic E-state index is -0.630. The molecule has 3 N–H and O–H groups in total. The zero-order valence-electron chi connectivity index (χ0n) is 8.67. The first kappa shape index (κ1) is 11.9. The van der Waals surface area contributed by atoms with Gasteiger partial charge in [-0.05, 0) is 13.0 Å². The molecule has 1 unspecified atom stereocenters. The van der Waals surface area contributed by atoms with Gasteiger partial charge in [0.15, 0.2) is 0 Å². The van der Waals surface area contributed by atoms with Gasteiger partial charge in [-0.2, -0.15) is 5.26 Å². The van der Waals surface area contributed by atoms with Crippen molar-refractivity contribution in [1.29, 1.82) is 5.26 Å². The Morgan fingerprint density at radius 1 is 1.81 bits per heavy atom. The maximum atomic E-state index is 10.8. The van der Waals surface area contributed by atoms with E-state index in [1.54, 1.807) is 13.0 Å². The highest BCUT2D eigenvalue weighted by molar-refractivity contribution is 5.64. The minimum absolute atomic E-state index is 0.0211. The van der Waals surface area contributed by atoms with Gasteiger partial charge in [0, 0.05) is 18.8 Å². The summed E-state index contributed by atoms with van der Waals surface area (Å²) in [6.45, 7) is 2.11. The molecule has 16 heavy (non-hydrogen) atoms. The van der Waals surface area contributed by atoms with Crippen LogP contribution in [0.25, 0.3) is 0 Å². The maximum absolute atomic E-state index is 10.8. The summed E-state index contributed by atoms with van der Waals surface area (Å²) in [6, 6.07) is 2.89. The predicted octanol–water partition coefficient (Wildman–Crippen LogP) is 0.621. The predicted molar refractivity (Wildman–Crippen MR) is 57.7 cm³/mol. The van der Waals surface area contributed by atoms with Crippen LogP contribution >= 0.6 is 0 Å². The second kappa shape index (κ2) is 5.04. The van der Waals surface area contributed by atoms with E-state index in [2.05, 4.69) is 10.3 Å². The summed E-state index contributed by atoms with van der Waals surface area (Å²) in [4.78, 5) is 14.0. The number of nitrogens with one attached hydrogen (secondary N) is 1. The number of nitro groups is 1. The van der Waals surface area contributed by atoms with Crippen LogP contribution in [0.3, 0.4) is 0 Å². The van der Waals surface area contributed by atoms with Gasteiger partial charge in [0.2, 0.25) is 5.82 Å². The third kappa shape index (κ3) is 2.65. The Morgan fingerprint density at radius 2 is 2.50 bits per heavy atom. The van der Waals surface area contributed by atoms with Crippen LogP contribution in [0.2, 0.25) is 0 Å². The van der Waals surface area contributed by atoms with Gasteiger partial charge in [-0.25, -0.2) is 4.98 Å². The van der Waals surface area contributed by atoms with Crippen molar-refractivity contribution in [3.8, 4) is 6.07 Å². The molecule has 84 valence electrons. The van der Waals surface area contributed by atoms with Crippen molar-refractivity contribution in [2.75, 3.05) is 11.9 Å². The fourth-order valence-corrected chi connectivity index (χ4v) is 1.12. The molecule has 0 saturated carbocycles. The Kier molecular flexibility index (Phi) is 3.74. The lowest BCUT2D eigenvalue weighted by atomic mass is 10.2. The molecule has 1 rings (SSSR count). The van der Waals surface area contributed by atoms with Crippen molar-refractivity contribution in [2.45, 2.75) is 13.0 Å². The number of hydrogen-bond acceptors (Lipinski definition) is 6. The van der Waals surface area contributed by atoms with Crippen LogP contribution in [-0.2, 0) is 0 Å². The molecule has 0 amide bonds. The van der Waals surface area contributed by atoms with E-state index in [1.165, 1.54) is 12.3 Å². The molecule has 0 saturated heterocycles. The molecule has 1 aromatic heterocycles. The Bertz CT molecular complexity index is 438. The summed E-state index contributed by atoms with van der Waals surface area (Å²) in [5.41, 5.74) is 5.18. The van der Waals surface area contributed by atoms with E-state index in [1.807, 2.05) is 0 Å². The Labute approximate surface area is 92.0 Å². The highest BCUT2D eigenvalue weighted by atomic mass is 16.6. The van der Waals surface area contributed by atoms with Crippen LogP contribution in [0, 0.1) is 21.4 Å². The van der Waals surface area contributed by atoms with Gasteiger partial charge in [-0.1, -0.05) is 0 Å². The molecule has 7 heteroatoms. The van der Waals surface area contributed by atoms with Gasteiger partial charge in [-0.15, -0.1) is 0 Å². The number of anilines is 1. The monoisotopic (exact) mass is 221 g/mol. The van der Waals surface area contributed by atoms with E-state index in [-0.39, 0.29) is 23.1 Å². The van der Waals surface area contributed by atoms with Crippen molar-refractivity contribution >= 4 is 11.5 Å². The van der Waals surface area contributed by atoms with E-state index < -0.39 is 4.92 Å². The fraction of sp³-hybridized carbons (Fsp3) is 0.333. The minimum Gasteiger partial charge on any atom is -0.363 e. The lowest BCUT2D eigenvalue weighted by Crippen LogP contribution is -2.25. The summed E-state index contributed by atoms with van der Waals surface area (Å²) >= 11 is 0. The van der Waals surface area contributed by atoms with Crippen molar-refractivity contribution in [1.82, 2.24) is 4.98 Å². The zero-order valence-corrected chi connectivity index (χ0v) is 8.67. The molecular formula is C9H11N5O2. The first-order valence-electron chi connectivity index (χ1n) is 4.59. The summed E-state index contributed by atoms with van der Waals surface area (Å²) in [6.07, 6.45) is 1.34. The van der Waals surface area contributed by atoms with Crippen LogP contribution in [-0.4, -0.2) is 22.5 Å². The molecular weight excluding hydrogens is 210 g/mol. The maximum Gasteiger partial charge on any atom is 0.328 e. The van der Waals surface area contributed by atoms with Crippen molar-refractivity contribution in [3.63, 3.8) is 0 Å². The average Bonchev–Trinajstić information content (AvgIpc) is 2.25. The highest BCUT2D eigenvalue weighted by Crippen LogP contribution is 2.25. The molecule has 1 aromatic rings. The van der Waals surface area contributed by atoms with Crippen LogP contribution in [0.1, 0.15) is 12.5 Å². The standard InChI is InChI=1S/C9H11N5O2/c1-6(11)5-13-9-8(14(15)16)7(4-10)2-3-12-9/h2-3,6H,5,11H2,1H3,(H,12,13). The largest absolute Gasteiger partial charge is 0.363 e. The second-order valence-corrected chi connectivity index (χ2v) is 3.28. The summed E-state index contributed by atoms with van der Waals surface area (Å²) in [7, 11) is 0. The molecule has 0 aromatic carbocycles. The topological polar surface area (TPSA) is 118 Å². The lowest BCUT2D eigenvalue weighted by Gasteiger charge is -2.08. The van der Waals surface area contributed by atoms with Crippen molar-refractivity contribution in [3.05, 3.63) is 27.9 Å². The number of nitrogens with two attached hydrogens (primary N) is 1. The molecule has 1 heterocycles. The van der Waals surface area contributed by atoms with E-state index >= 15 is 0 Å². The Balaban J connectivity index is 3.08. The quantitative estimate of drug-likeness (QED) is 0.568. The lowest BCUT2D eigenvalue weighted by molar-refractivity contribution is -0.384. The molecule has 0 radical (unpaired) electrons. The number of pyridine rings is 1. The van der Waals surface area contributed by atoms with Gasteiger partial charge in [0.05, 0.1) is 4.92 Å². The number of nitriles is 1. The fourth-order valence-electron chi connectivity index (χ4n) is 1.12. The smallest absolute Gasteiger partial charge is 0.328 e. The number of aromatic nitrogens is 1. The van der Waals surface area contributed by atoms with E-state index in [0.29, 0.717) is 6.54 Å².